The average Bonchev–Trinajstić information content (AvgIpc) is 2.03. The van der Waals surface area contributed by atoms with E-state index in [-0.39, 0.29) is 6.61 Å². The number of hydrogen-bond acceptors (Lipinski definition) is 0. The van der Waals surface area contributed by atoms with E-state index in [9.17, 15) is 5.11 Å². The van der Waals surface area contributed by atoms with Crippen molar-refractivity contribution in [1.82, 2.24) is 0 Å². The first-order chi connectivity index (χ1) is 5.34. The van der Waals surface area contributed by atoms with E-state index < -0.39 is 0 Å². The van der Waals surface area contributed by atoms with Crippen molar-refractivity contribution in [1.29, 1.82) is 0 Å². The lowest BCUT2D eigenvalue weighted by Crippen LogP contribution is -1.78. The van der Waals surface area contributed by atoms with Crippen LogP contribution in [0.5, 0.6) is 0 Å². The highest BCUT2D eigenvalue weighted by Gasteiger charge is 1.88. The summed E-state index contributed by atoms with van der Waals surface area (Å²) in [5.41, 5.74) is 2.33. The van der Waals surface area contributed by atoms with Crippen molar-refractivity contribution >= 4 is 6.08 Å². The fraction of sp³-hybridized carbons (Fsp3) is 0.200. The first kappa shape index (κ1) is 8.02. The molecule has 0 N–H and O–H groups in total. The quantitative estimate of drug-likeness (QED) is 0.612. The lowest BCUT2D eigenvalue weighted by Gasteiger charge is -1.96. The molecule has 0 saturated heterocycles. The van der Waals surface area contributed by atoms with E-state index in [4.69, 9.17) is 0 Å². The Kier molecular flexibility index (Phi) is 2.87. The SMILES string of the molecule is Cc1ccccc1C=CC[O]. The van der Waals surface area contributed by atoms with Crippen LogP contribution in [0.15, 0.2) is 30.3 Å². The van der Waals surface area contributed by atoms with Gasteiger partial charge in [0.05, 0.1) is 0 Å². The summed E-state index contributed by atoms with van der Waals surface area (Å²) in [6, 6.07) is 7.99. The molecule has 1 nitrogen and oxygen atoms in total. The van der Waals surface area contributed by atoms with E-state index in [0.717, 1.165) is 5.56 Å². The monoisotopic (exact) mass is 147 g/mol. The molecule has 0 heterocycles. The molecule has 0 spiro atoms. The van der Waals surface area contributed by atoms with E-state index in [1.165, 1.54) is 5.56 Å². The molecule has 1 rings (SSSR count). The van der Waals surface area contributed by atoms with Crippen molar-refractivity contribution in [2.24, 2.45) is 0 Å². The minimum Gasteiger partial charge on any atom is -0.232 e. The molecule has 0 fully saturated rings. The molecule has 0 unspecified atom stereocenters. The largest absolute Gasteiger partial charge is 0.232 e. The second-order valence-corrected chi connectivity index (χ2v) is 2.43. The zero-order valence-corrected chi connectivity index (χ0v) is 6.58. The van der Waals surface area contributed by atoms with Crippen LogP contribution in [0.25, 0.3) is 6.08 Å². The number of rotatable bonds is 2. The summed E-state index contributed by atoms with van der Waals surface area (Å²) in [5, 5.41) is 10.1. The summed E-state index contributed by atoms with van der Waals surface area (Å²) in [6.07, 6.45) is 3.49. The maximum Gasteiger partial charge on any atom is 0.101 e. The second kappa shape index (κ2) is 3.94. The van der Waals surface area contributed by atoms with E-state index in [1.807, 2.05) is 37.3 Å². The summed E-state index contributed by atoms with van der Waals surface area (Å²) in [7, 11) is 0. The van der Waals surface area contributed by atoms with Gasteiger partial charge < -0.3 is 0 Å². The Balaban J connectivity index is 2.86. The zero-order valence-electron chi connectivity index (χ0n) is 6.58. The van der Waals surface area contributed by atoms with Crippen LogP contribution in [-0.4, -0.2) is 6.61 Å². The van der Waals surface area contributed by atoms with Gasteiger partial charge >= 0.3 is 0 Å². The van der Waals surface area contributed by atoms with E-state index in [2.05, 4.69) is 0 Å². The minimum absolute atomic E-state index is 0.145. The molecule has 0 aliphatic rings. The number of aryl methyl sites for hydroxylation is 1. The van der Waals surface area contributed by atoms with Crippen LogP contribution in [0.1, 0.15) is 11.1 Å². The van der Waals surface area contributed by atoms with Crippen molar-refractivity contribution in [3.8, 4) is 0 Å². The maximum atomic E-state index is 10.1. The molecule has 57 valence electrons. The van der Waals surface area contributed by atoms with Crippen LogP contribution in [0.2, 0.25) is 0 Å². The van der Waals surface area contributed by atoms with Crippen molar-refractivity contribution in [3.63, 3.8) is 0 Å². The molecule has 11 heavy (non-hydrogen) atoms. The topological polar surface area (TPSA) is 19.9 Å². The van der Waals surface area contributed by atoms with Gasteiger partial charge in [0.2, 0.25) is 0 Å². The van der Waals surface area contributed by atoms with Gasteiger partial charge in [-0.05, 0) is 18.1 Å². The van der Waals surface area contributed by atoms with Gasteiger partial charge in [-0.3, -0.25) is 0 Å². The molecule has 1 aromatic carbocycles. The summed E-state index contributed by atoms with van der Waals surface area (Å²) >= 11 is 0. The van der Waals surface area contributed by atoms with Crippen LogP contribution in [0.3, 0.4) is 0 Å². The van der Waals surface area contributed by atoms with Crippen LogP contribution in [-0.2, 0) is 5.11 Å². The molecule has 1 heteroatoms. The standard InChI is InChI=1S/C10H11O/c1-9-5-2-3-6-10(9)7-4-8-11/h2-7H,8H2,1H3. The zero-order chi connectivity index (χ0) is 8.10. The molecular formula is C10H11O. The maximum absolute atomic E-state index is 10.1. The second-order valence-electron chi connectivity index (χ2n) is 2.43. The Morgan fingerprint density at radius 1 is 1.36 bits per heavy atom. The molecule has 0 aliphatic heterocycles. The summed E-state index contributed by atoms with van der Waals surface area (Å²) in [6.45, 7) is 1.89. The number of benzene rings is 1. The Morgan fingerprint density at radius 3 is 2.73 bits per heavy atom. The van der Waals surface area contributed by atoms with Gasteiger partial charge in [-0.1, -0.05) is 36.4 Å². The summed E-state index contributed by atoms with van der Waals surface area (Å²) in [5.74, 6) is 0. The van der Waals surface area contributed by atoms with Gasteiger partial charge in [-0.2, -0.15) is 0 Å². The highest BCUT2D eigenvalue weighted by atomic mass is 16.2. The summed E-state index contributed by atoms with van der Waals surface area (Å²) in [4.78, 5) is 0. The average molecular weight is 147 g/mol. The smallest absolute Gasteiger partial charge is 0.101 e. The highest BCUT2D eigenvalue weighted by molar-refractivity contribution is 5.53. The Labute approximate surface area is 67.0 Å². The van der Waals surface area contributed by atoms with E-state index in [0.29, 0.717) is 0 Å². The lowest BCUT2D eigenvalue weighted by atomic mass is 10.1. The Morgan fingerprint density at radius 2 is 2.09 bits per heavy atom. The molecule has 0 aromatic heterocycles. The molecule has 0 aliphatic carbocycles. The van der Waals surface area contributed by atoms with Gasteiger partial charge in [-0.25, -0.2) is 5.11 Å². The van der Waals surface area contributed by atoms with Gasteiger partial charge in [0.25, 0.3) is 0 Å². The van der Waals surface area contributed by atoms with Gasteiger partial charge in [0.1, 0.15) is 6.61 Å². The number of hydrogen-bond donors (Lipinski definition) is 0. The molecule has 0 atom stereocenters. The highest BCUT2D eigenvalue weighted by Crippen LogP contribution is 2.07. The van der Waals surface area contributed by atoms with Crippen LogP contribution < -0.4 is 0 Å². The van der Waals surface area contributed by atoms with Crippen molar-refractivity contribution in [2.75, 3.05) is 6.61 Å². The normalized spacial score (nSPS) is 10.7. The Hall–Kier alpha value is -1.08. The van der Waals surface area contributed by atoms with Crippen molar-refractivity contribution < 1.29 is 5.11 Å². The first-order valence-corrected chi connectivity index (χ1v) is 3.65. The molecule has 0 saturated carbocycles. The van der Waals surface area contributed by atoms with Gasteiger partial charge in [-0.15, -0.1) is 0 Å². The van der Waals surface area contributed by atoms with Gasteiger partial charge in [0.15, 0.2) is 0 Å². The minimum atomic E-state index is -0.145. The molecule has 1 radical (unpaired) electrons. The molecular weight excluding hydrogens is 136 g/mol. The lowest BCUT2D eigenvalue weighted by molar-refractivity contribution is 0.233. The van der Waals surface area contributed by atoms with Crippen molar-refractivity contribution in [2.45, 2.75) is 6.92 Å². The third-order valence-electron chi connectivity index (χ3n) is 1.58. The van der Waals surface area contributed by atoms with Crippen LogP contribution >= 0.6 is 0 Å². The third kappa shape index (κ3) is 2.20. The first-order valence-electron chi connectivity index (χ1n) is 3.65. The fourth-order valence-electron chi connectivity index (χ4n) is 0.949. The predicted molar refractivity (Wildman–Crippen MR) is 45.8 cm³/mol. The predicted octanol–water partition coefficient (Wildman–Crippen LogP) is 2.44. The van der Waals surface area contributed by atoms with E-state index in [1.54, 1.807) is 6.08 Å². The van der Waals surface area contributed by atoms with Crippen LogP contribution in [0, 0.1) is 6.92 Å². The molecule has 1 aromatic rings. The van der Waals surface area contributed by atoms with Crippen molar-refractivity contribution in [3.05, 3.63) is 41.5 Å². The molecule has 0 amide bonds. The van der Waals surface area contributed by atoms with Gasteiger partial charge in [0, 0.05) is 0 Å². The molecule has 0 bridgehead atoms. The van der Waals surface area contributed by atoms with Crippen LogP contribution in [0.4, 0.5) is 0 Å². The Bertz CT molecular complexity index is 251. The fourth-order valence-corrected chi connectivity index (χ4v) is 0.949. The third-order valence-corrected chi connectivity index (χ3v) is 1.58. The summed E-state index contributed by atoms with van der Waals surface area (Å²) < 4.78 is 0. The van der Waals surface area contributed by atoms with E-state index >= 15 is 0 Å².